The van der Waals surface area contributed by atoms with Gasteiger partial charge >= 0.3 is 0 Å². The highest BCUT2D eigenvalue weighted by molar-refractivity contribution is 5.27. The molecule has 0 fully saturated rings. The van der Waals surface area contributed by atoms with Crippen molar-refractivity contribution in [1.29, 1.82) is 0 Å². The Morgan fingerprint density at radius 1 is 1.14 bits per heavy atom. The van der Waals surface area contributed by atoms with Crippen molar-refractivity contribution in [2.45, 2.75) is 72.0 Å². The fourth-order valence-electron chi connectivity index (χ4n) is 2.59. The van der Waals surface area contributed by atoms with Crippen molar-refractivity contribution >= 4 is 0 Å². The summed E-state index contributed by atoms with van der Waals surface area (Å²) < 4.78 is 0. The first-order valence-corrected chi connectivity index (χ1v) is 8.35. The van der Waals surface area contributed by atoms with E-state index < -0.39 is 0 Å². The highest BCUT2D eigenvalue weighted by Crippen LogP contribution is 2.15. The molecule has 1 aromatic carbocycles. The summed E-state index contributed by atoms with van der Waals surface area (Å²) in [5.41, 5.74) is 3.14. The summed E-state index contributed by atoms with van der Waals surface area (Å²) in [7, 11) is 2.24. The van der Waals surface area contributed by atoms with Gasteiger partial charge in [-0.05, 0) is 65.3 Å². The van der Waals surface area contributed by atoms with Gasteiger partial charge in [0.05, 0.1) is 0 Å². The van der Waals surface area contributed by atoms with Crippen molar-refractivity contribution in [2.75, 3.05) is 13.6 Å². The number of hydrogen-bond acceptors (Lipinski definition) is 2. The summed E-state index contributed by atoms with van der Waals surface area (Å²) in [5.74, 6) is 0. The lowest BCUT2D eigenvalue weighted by molar-refractivity contribution is 0.236. The topological polar surface area (TPSA) is 15.3 Å². The first-order valence-electron chi connectivity index (χ1n) is 8.35. The van der Waals surface area contributed by atoms with Crippen LogP contribution in [0, 0.1) is 0 Å². The number of benzene rings is 1. The highest BCUT2D eigenvalue weighted by atomic mass is 15.1. The molecule has 0 aromatic heterocycles. The second kappa shape index (κ2) is 8.55. The van der Waals surface area contributed by atoms with Crippen molar-refractivity contribution in [3.8, 4) is 0 Å². The molecule has 0 saturated heterocycles. The van der Waals surface area contributed by atoms with Crippen LogP contribution in [0.5, 0.6) is 0 Å². The van der Waals surface area contributed by atoms with Gasteiger partial charge in [-0.15, -0.1) is 0 Å². The number of nitrogens with zero attached hydrogens (tertiary/aromatic N) is 1. The lowest BCUT2D eigenvalue weighted by Gasteiger charge is -2.26. The standard InChI is InChI=1S/C19H34N2/c1-7-10-16(2)21(6)15-18-12-9-8-11-17(18)13-14-20-19(3,4)5/h8-9,11-12,16,20H,7,10,13-15H2,1-6H3. The lowest BCUT2D eigenvalue weighted by atomic mass is 10.0. The van der Waals surface area contributed by atoms with E-state index in [0.717, 1.165) is 19.5 Å². The van der Waals surface area contributed by atoms with Crippen molar-refractivity contribution in [3.63, 3.8) is 0 Å². The van der Waals surface area contributed by atoms with Crippen molar-refractivity contribution in [1.82, 2.24) is 10.2 Å². The van der Waals surface area contributed by atoms with Crippen LogP contribution in [0.4, 0.5) is 0 Å². The predicted molar refractivity (Wildman–Crippen MR) is 93.7 cm³/mol. The first-order chi connectivity index (χ1) is 9.83. The van der Waals surface area contributed by atoms with Crippen LogP contribution in [-0.4, -0.2) is 30.1 Å². The predicted octanol–water partition coefficient (Wildman–Crippen LogP) is 4.24. The zero-order valence-electron chi connectivity index (χ0n) is 14.9. The van der Waals surface area contributed by atoms with Crippen molar-refractivity contribution in [3.05, 3.63) is 35.4 Å². The molecular formula is C19H34N2. The fraction of sp³-hybridized carbons (Fsp3) is 0.684. The molecule has 0 aliphatic heterocycles. The molecule has 0 aliphatic rings. The highest BCUT2D eigenvalue weighted by Gasteiger charge is 2.12. The molecule has 0 bridgehead atoms. The summed E-state index contributed by atoms with van der Waals surface area (Å²) in [6.45, 7) is 13.3. The molecule has 1 aromatic rings. The molecule has 120 valence electrons. The van der Waals surface area contributed by atoms with Crippen LogP contribution in [0.3, 0.4) is 0 Å². The maximum Gasteiger partial charge on any atom is 0.0236 e. The van der Waals surface area contributed by atoms with E-state index in [1.54, 1.807) is 0 Å². The van der Waals surface area contributed by atoms with Gasteiger partial charge in [-0.25, -0.2) is 0 Å². The Labute approximate surface area is 131 Å². The third kappa shape index (κ3) is 7.10. The summed E-state index contributed by atoms with van der Waals surface area (Å²) in [6.07, 6.45) is 3.62. The molecule has 0 radical (unpaired) electrons. The minimum absolute atomic E-state index is 0.196. The number of rotatable bonds is 8. The van der Waals surface area contributed by atoms with Gasteiger partial charge in [0, 0.05) is 18.1 Å². The fourth-order valence-corrected chi connectivity index (χ4v) is 2.59. The maximum absolute atomic E-state index is 3.58. The zero-order valence-corrected chi connectivity index (χ0v) is 14.9. The molecule has 1 atom stereocenters. The van der Waals surface area contributed by atoms with Crippen molar-refractivity contribution < 1.29 is 0 Å². The van der Waals surface area contributed by atoms with Crippen molar-refractivity contribution in [2.24, 2.45) is 0 Å². The summed E-state index contributed by atoms with van der Waals surface area (Å²) in [4.78, 5) is 2.47. The summed E-state index contributed by atoms with van der Waals surface area (Å²) in [6, 6.07) is 9.52. The molecule has 0 saturated carbocycles. The van der Waals surface area contributed by atoms with E-state index >= 15 is 0 Å². The van der Waals surface area contributed by atoms with E-state index in [-0.39, 0.29) is 5.54 Å². The first kappa shape index (κ1) is 18.2. The molecule has 2 nitrogen and oxygen atoms in total. The molecule has 0 amide bonds. The van der Waals surface area contributed by atoms with Gasteiger partial charge in [-0.2, -0.15) is 0 Å². The Morgan fingerprint density at radius 3 is 2.33 bits per heavy atom. The van der Waals surface area contributed by atoms with Gasteiger partial charge in [0.1, 0.15) is 0 Å². The van der Waals surface area contributed by atoms with E-state index in [9.17, 15) is 0 Å². The lowest BCUT2D eigenvalue weighted by Crippen LogP contribution is -2.37. The molecule has 1 N–H and O–H groups in total. The second-order valence-corrected chi connectivity index (χ2v) is 7.25. The monoisotopic (exact) mass is 290 g/mol. The number of hydrogen-bond donors (Lipinski definition) is 1. The van der Waals surface area contributed by atoms with Gasteiger partial charge in [-0.3, -0.25) is 4.90 Å². The number of nitrogens with one attached hydrogen (secondary N) is 1. The van der Waals surface area contributed by atoms with E-state index in [1.807, 2.05) is 0 Å². The molecule has 0 aliphatic carbocycles. The smallest absolute Gasteiger partial charge is 0.0236 e. The van der Waals surface area contributed by atoms with E-state index in [1.165, 1.54) is 24.0 Å². The van der Waals surface area contributed by atoms with E-state index in [0.29, 0.717) is 6.04 Å². The average molecular weight is 290 g/mol. The second-order valence-electron chi connectivity index (χ2n) is 7.25. The Morgan fingerprint density at radius 2 is 1.76 bits per heavy atom. The molecule has 21 heavy (non-hydrogen) atoms. The molecule has 2 heteroatoms. The third-order valence-corrected chi connectivity index (χ3v) is 4.05. The van der Waals surface area contributed by atoms with E-state index in [2.05, 4.69) is 76.1 Å². The molecule has 0 spiro atoms. The van der Waals surface area contributed by atoms with Crippen LogP contribution in [0.2, 0.25) is 0 Å². The normalized spacial score (nSPS) is 13.7. The van der Waals surface area contributed by atoms with Gasteiger partial charge < -0.3 is 5.32 Å². The summed E-state index contributed by atoms with van der Waals surface area (Å²) in [5, 5.41) is 3.58. The Hall–Kier alpha value is -0.860. The SMILES string of the molecule is CCCC(C)N(C)Cc1ccccc1CCNC(C)(C)C. The van der Waals surface area contributed by atoms with Crippen LogP contribution in [0.15, 0.2) is 24.3 Å². The van der Waals surface area contributed by atoms with Crippen LogP contribution in [0.25, 0.3) is 0 Å². The molecule has 1 rings (SSSR count). The van der Waals surface area contributed by atoms with Crippen LogP contribution >= 0.6 is 0 Å². The van der Waals surface area contributed by atoms with Crippen LogP contribution < -0.4 is 5.32 Å². The van der Waals surface area contributed by atoms with Gasteiger partial charge in [0.15, 0.2) is 0 Å². The van der Waals surface area contributed by atoms with Gasteiger partial charge in [0.2, 0.25) is 0 Å². The van der Waals surface area contributed by atoms with Crippen LogP contribution in [-0.2, 0) is 13.0 Å². The zero-order chi connectivity index (χ0) is 15.9. The largest absolute Gasteiger partial charge is 0.312 e. The Bertz CT molecular complexity index is 406. The van der Waals surface area contributed by atoms with Gasteiger partial charge in [-0.1, -0.05) is 37.6 Å². The summed E-state index contributed by atoms with van der Waals surface area (Å²) >= 11 is 0. The molecular weight excluding hydrogens is 256 g/mol. The molecule has 1 unspecified atom stereocenters. The van der Waals surface area contributed by atoms with Crippen LogP contribution in [0.1, 0.15) is 58.6 Å². The Kier molecular flexibility index (Phi) is 7.41. The quantitative estimate of drug-likeness (QED) is 0.770. The molecule has 0 heterocycles. The minimum atomic E-state index is 0.196. The maximum atomic E-state index is 3.58. The average Bonchev–Trinajstić information content (AvgIpc) is 2.39. The minimum Gasteiger partial charge on any atom is -0.312 e. The third-order valence-electron chi connectivity index (χ3n) is 4.05. The van der Waals surface area contributed by atoms with Gasteiger partial charge in [0.25, 0.3) is 0 Å². The van der Waals surface area contributed by atoms with E-state index in [4.69, 9.17) is 0 Å². The Balaban J connectivity index is 2.62.